The van der Waals surface area contributed by atoms with Gasteiger partial charge in [0.2, 0.25) is 5.91 Å². The highest BCUT2D eigenvalue weighted by Crippen LogP contribution is 2.21. The van der Waals surface area contributed by atoms with Gasteiger partial charge in [0.25, 0.3) is 0 Å². The molecule has 0 bridgehead atoms. The van der Waals surface area contributed by atoms with Crippen molar-refractivity contribution in [3.63, 3.8) is 0 Å². The minimum Gasteiger partial charge on any atom is -0.465 e. The Kier molecular flexibility index (Phi) is 8.01. The third-order valence-corrected chi connectivity index (χ3v) is 7.02. The van der Waals surface area contributed by atoms with Crippen LogP contribution in [-0.4, -0.2) is 47.9 Å². The van der Waals surface area contributed by atoms with Gasteiger partial charge in [0.1, 0.15) is 11.6 Å². The van der Waals surface area contributed by atoms with Crippen molar-refractivity contribution in [1.29, 1.82) is 0 Å². The van der Waals surface area contributed by atoms with E-state index >= 15 is 0 Å². The number of ether oxygens (including phenoxy) is 1. The lowest BCUT2D eigenvalue weighted by atomic mass is 10.2. The largest absolute Gasteiger partial charge is 0.465 e. The Hall–Kier alpha value is -3.44. The molecule has 2 aromatic carbocycles. The van der Waals surface area contributed by atoms with Crippen LogP contribution < -0.4 is 5.32 Å². The van der Waals surface area contributed by atoms with Crippen LogP contribution in [-0.2, 0) is 31.7 Å². The maximum Gasteiger partial charge on any atom is 0.337 e. The predicted molar refractivity (Wildman–Crippen MR) is 125 cm³/mol. The Bertz CT molecular complexity index is 1260. The number of nitrogens with zero attached hydrogens (tertiary/aromatic N) is 3. The van der Waals surface area contributed by atoms with E-state index < -0.39 is 15.8 Å². The first-order valence-electron chi connectivity index (χ1n) is 9.76. The van der Waals surface area contributed by atoms with Gasteiger partial charge in [-0.3, -0.25) is 4.79 Å². The molecule has 0 saturated heterocycles. The van der Waals surface area contributed by atoms with Gasteiger partial charge in [-0.2, -0.15) is 0 Å². The average Bonchev–Trinajstić information content (AvgIpc) is 3.18. The zero-order valence-electron chi connectivity index (χ0n) is 17.8. The average molecular weight is 487 g/mol. The van der Waals surface area contributed by atoms with Crippen LogP contribution in [0.25, 0.3) is 0 Å². The van der Waals surface area contributed by atoms with Crippen LogP contribution >= 0.6 is 11.8 Å². The molecular weight excluding hydrogens is 464 g/mol. The van der Waals surface area contributed by atoms with Crippen LogP contribution in [0.15, 0.2) is 77.3 Å². The Labute approximate surface area is 195 Å². The Morgan fingerprint density at radius 1 is 1.15 bits per heavy atom. The molecule has 0 fully saturated rings. The van der Waals surface area contributed by atoms with Crippen LogP contribution in [0, 0.1) is 0 Å². The van der Waals surface area contributed by atoms with Crippen LogP contribution in [0.2, 0.25) is 0 Å². The van der Waals surface area contributed by atoms with Crippen LogP contribution in [0.3, 0.4) is 0 Å². The summed E-state index contributed by atoms with van der Waals surface area (Å²) in [5.41, 5.74) is 0.767. The molecular formula is C22H22N4O5S2. The maximum absolute atomic E-state index is 12.7. The fraction of sp³-hybridized carbons (Fsp3) is 0.182. The highest BCUT2D eigenvalue weighted by atomic mass is 32.2. The number of thioether (sulfide) groups is 1. The number of carbonyl (C=O) groups is 2. The van der Waals surface area contributed by atoms with E-state index in [0.29, 0.717) is 16.4 Å². The highest BCUT2D eigenvalue weighted by molar-refractivity contribution is 7.99. The van der Waals surface area contributed by atoms with Crippen LogP contribution in [0.4, 0.5) is 5.69 Å². The fourth-order valence-electron chi connectivity index (χ4n) is 2.90. The molecule has 0 radical (unpaired) electrons. The lowest BCUT2D eigenvalue weighted by molar-refractivity contribution is -0.113. The third kappa shape index (κ3) is 6.30. The number of hydrogen-bond acceptors (Lipinski definition) is 8. The molecule has 0 unspecified atom stereocenters. The van der Waals surface area contributed by atoms with Crippen molar-refractivity contribution >= 4 is 39.2 Å². The number of methoxy groups -OCH3 is 1. The molecule has 0 saturated carbocycles. The van der Waals surface area contributed by atoms with E-state index in [2.05, 4.69) is 26.8 Å². The summed E-state index contributed by atoms with van der Waals surface area (Å²) in [4.78, 5) is 24.2. The summed E-state index contributed by atoms with van der Waals surface area (Å²) in [5.74, 6) is -0.897. The molecule has 0 spiro atoms. The summed E-state index contributed by atoms with van der Waals surface area (Å²) in [6.07, 6.45) is 1.60. The van der Waals surface area contributed by atoms with E-state index in [-0.39, 0.29) is 34.7 Å². The second kappa shape index (κ2) is 10.9. The van der Waals surface area contributed by atoms with E-state index in [4.69, 9.17) is 0 Å². The van der Waals surface area contributed by atoms with Gasteiger partial charge in [0.05, 0.1) is 23.3 Å². The third-order valence-electron chi connectivity index (χ3n) is 4.43. The van der Waals surface area contributed by atoms with Crippen molar-refractivity contribution in [2.45, 2.75) is 22.3 Å². The summed E-state index contributed by atoms with van der Waals surface area (Å²) in [6, 6.07) is 14.5. The van der Waals surface area contributed by atoms with E-state index in [9.17, 15) is 18.0 Å². The molecule has 3 aromatic rings. The molecule has 9 nitrogen and oxygen atoms in total. The molecule has 0 aliphatic rings. The minimum absolute atomic E-state index is 0.00314. The minimum atomic E-state index is -3.61. The summed E-state index contributed by atoms with van der Waals surface area (Å²) >= 11 is 1.12. The van der Waals surface area contributed by atoms with Gasteiger partial charge < -0.3 is 14.6 Å². The van der Waals surface area contributed by atoms with Gasteiger partial charge in [0.15, 0.2) is 15.0 Å². The van der Waals surface area contributed by atoms with Crippen molar-refractivity contribution in [3.8, 4) is 0 Å². The van der Waals surface area contributed by atoms with Crippen molar-refractivity contribution in [1.82, 2.24) is 14.8 Å². The zero-order chi connectivity index (χ0) is 23.8. The molecule has 11 heteroatoms. The normalized spacial score (nSPS) is 11.1. The number of esters is 1. The van der Waals surface area contributed by atoms with Gasteiger partial charge >= 0.3 is 5.97 Å². The second-order valence-electron chi connectivity index (χ2n) is 6.78. The molecule has 1 aromatic heterocycles. The Morgan fingerprint density at radius 2 is 1.91 bits per heavy atom. The SMILES string of the molecule is C=CCn1c(CS(=O)(=O)c2ccccc2)nnc1SCC(=O)Nc1cccc(C(=O)OC)c1. The number of rotatable bonds is 10. The van der Waals surface area contributed by atoms with Crippen molar-refractivity contribution in [3.05, 3.63) is 78.6 Å². The smallest absolute Gasteiger partial charge is 0.337 e. The number of nitrogens with one attached hydrogen (secondary N) is 1. The molecule has 172 valence electrons. The van der Waals surface area contributed by atoms with E-state index in [1.807, 2.05) is 0 Å². The summed E-state index contributed by atoms with van der Waals surface area (Å²) in [7, 11) is -2.33. The van der Waals surface area contributed by atoms with Gasteiger partial charge in [-0.05, 0) is 30.3 Å². The molecule has 0 aliphatic heterocycles. The second-order valence-corrected chi connectivity index (χ2v) is 9.71. The molecule has 3 rings (SSSR count). The number of benzene rings is 2. The van der Waals surface area contributed by atoms with Gasteiger partial charge in [-0.1, -0.05) is 42.1 Å². The predicted octanol–water partition coefficient (Wildman–Crippen LogP) is 2.96. The topological polar surface area (TPSA) is 120 Å². The van der Waals surface area contributed by atoms with E-state index in [1.165, 1.54) is 25.3 Å². The lowest BCUT2D eigenvalue weighted by Gasteiger charge is -2.09. The number of anilines is 1. The van der Waals surface area contributed by atoms with Crippen molar-refractivity contribution in [2.24, 2.45) is 0 Å². The van der Waals surface area contributed by atoms with Gasteiger partial charge in [0, 0.05) is 12.2 Å². The van der Waals surface area contributed by atoms with Crippen molar-refractivity contribution in [2.75, 3.05) is 18.2 Å². The van der Waals surface area contributed by atoms with Crippen LogP contribution in [0.1, 0.15) is 16.2 Å². The molecule has 33 heavy (non-hydrogen) atoms. The van der Waals surface area contributed by atoms with Gasteiger partial charge in [-0.15, -0.1) is 16.8 Å². The number of allylic oxidation sites excluding steroid dienone is 1. The van der Waals surface area contributed by atoms with E-state index in [0.717, 1.165) is 11.8 Å². The number of sulfone groups is 1. The number of carbonyl (C=O) groups excluding carboxylic acids is 2. The van der Waals surface area contributed by atoms with Crippen molar-refractivity contribution < 1.29 is 22.7 Å². The molecule has 0 aliphatic carbocycles. The zero-order valence-corrected chi connectivity index (χ0v) is 19.4. The fourth-order valence-corrected chi connectivity index (χ4v) is 4.95. The lowest BCUT2D eigenvalue weighted by Crippen LogP contribution is -2.15. The first-order valence-corrected chi connectivity index (χ1v) is 12.4. The Morgan fingerprint density at radius 3 is 2.61 bits per heavy atom. The van der Waals surface area contributed by atoms with E-state index in [1.54, 1.807) is 47.0 Å². The maximum atomic E-state index is 12.7. The van der Waals surface area contributed by atoms with Gasteiger partial charge in [-0.25, -0.2) is 13.2 Å². The summed E-state index contributed by atoms with van der Waals surface area (Å²) < 4.78 is 31.7. The highest BCUT2D eigenvalue weighted by Gasteiger charge is 2.21. The molecule has 1 heterocycles. The molecule has 1 N–H and O–H groups in total. The Balaban J connectivity index is 1.69. The summed E-state index contributed by atoms with van der Waals surface area (Å²) in [5, 5.41) is 11.2. The number of amides is 1. The summed E-state index contributed by atoms with van der Waals surface area (Å²) in [6.45, 7) is 3.99. The standard InChI is InChI=1S/C22H22N4O5S2/c1-3-12-26-19(15-33(29,30)18-10-5-4-6-11-18)24-25-22(26)32-14-20(27)23-17-9-7-8-16(13-17)21(28)31-2/h3-11,13H,1,12,14-15H2,2H3,(H,23,27). The monoisotopic (exact) mass is 486 g/mol. The molecule has 1 amide bonds. The molecule has 0 atom stereocenters. The van der Waals surface area contributed by atoms with Crippen LogP contribution in [0.5, 0.6) is 0 Å². The first-order chi connectivity index (χ1) is 15.8. The number of hydrogen-bond donors (Lipinski definition) is 1. The first kappa shape index (κ1) is 24.2. The number of aromatic nitrogens is 3. The quantitative estimate of drug-likeness (QED) is 0.264.